The molecular formula is C9H14O2. The van der Waals surface area contributed by atoms with Gasteiger partial charge in [0.15, 0.2) is 5.76 Å². The molecule has 2 heteroatoms. The van der Waals surface area contributed by atoms with Crippen LogP contribution in [0.25, 0.3) is 0 Å². The Labute approximate surface area is 67.8 Å². The zero-order valence-electron chi connectivity index (χ0n) is 7.20. The quantitative estimate of drug-likeness (QED) is 0.456. The third kappa shape index (κ3) is 5.27. The Bertz CT molecular complexity index is 166. The second-order valence-corrected chi connectivity index (χ2v) is 1.84. The lowest BCUT2D eigenvalue weighted by molar-refractivity contribution is 0.261. The average molecular weight is 154 g/mol. The van der Waals surface area contributed by atoms with Gasteiger partial charge in [0, 0.05) is 0 Å². The maximum Gasteiger partial charge on any atom is 0.153 e. The SMILES string of the molecule is C\C=C/C=C\C(=C\OC)OC. The van der Waals surface area contributed by atoms with Crippen molar-refractivity contribution in [2.75, 3.05) is 14.2 Å². The predicted molar refractivity (Wildman–Crippen MR) is 46.1 cm³/mol. The lowest BCUT2D eigenvalue weighted by Gasteiger charge is -1.97. The molecule has 0 rings (SSSR count). The molecule has 11 heavy (non-hydrogen) atoms. The maximum absolute atomic E-state index is 4.95. The Morgan fingerprint density at radius 2 is 1.91 bits per heavy atom. The lowest BCUT2D eigenvalue weighted by Crippen LogP contribution is -1.82. The van der Waals surface area contributed by atoms with Crippen LogP contribution in [0.1, 0.15) is 6.92 Å². The Morgan fingerprint density at radius 3 is 2.36 bits per heavy atom. The van der Waals surface area contributed by atoms with Gasteiger partial charge in [0.2, 0.25) is 0 Å². The number of hydrogen-bond donors (Lipinski definition) is 0. The molecule has 0 heterocycles. The summed E-state index contributed by atoms with van der Waals surface area (Å²) in [5, 5.41) is 0. The second-order valence-electron chi connectivity index (χ2n) is 1.84. The van der Waals surface area contributed by atoms with Crippen LogP contribution < -0.4 is 0 Å². The Hall–Kier alpha value is -1.18. The van der Waals surface area contributed by atoms with Gasteiger partial charge in [0.25, 0.3) is 0 Å². The van der Waals surface area contributed by atoms with E-state index < -0.39 is 0 Å². The van der Waals surface area contributed by atoms with Crippen LogP contribution in [0, 0.1) is 0 Å². The lowest BCUT2D eigenvalue weighted by atomic mass is 10.4. The van der Waals surface area contributed by atoms with E-state index in [1.807, 2.05) is 31.2 Å². The first-order valence-corrected chi connectivity index (χ1v) is 3.41. The highest BCUT2D eigenvalue weighted by Gasteiger charge is 1.84. The number of allylic oxidation sites excluding steroid dienone is 4. The Balaban J connectivity index is 3.96. The molecular weight excluding hydrogens is 140 g/mol. The minimum atomic E-state index is 0.700. The van der Waals surface area contributed by atoms with E-state index in [-0.39, 0.29) is 0 Å². The van der Waals surface area contributed by atoms with E-state index in [1.165, 1.54) is 0 Å². The third-order valence-electron chi connectivity index (χ3n) is 1.03. The normalized spacial score (nSPS) is 12.8. The van der Waals surface area contributed by atoms with E-state index in [0.717, 1.165) is 0 Å². The number of rotatable bonds is 4. The summed E-state index contributed by atoms with van der Waals surface area (Å²) in [5.41, 5.74) is 0. The van der Waals surface area contributed by atoms with Crippen LogP contribution in [-0.2, 0) is 9.47 Å². The van der Waals surface area contributed by atoms with Crippen molar-refractivity contribution in [1.82, 2.24) is 0 Å². The summed E-state index contributed by atoms with van der Waals surface area (Å²) in [6.45, 7) is 1.96. The standard InChI is InChI=1S/C9H14O2/c1-4-5-6-7-9(11-3)8-10-2/h4-8H,1-3H3/b5-4-,7-6-,9-8-. The number of hydrogen-bond acceptors (Lipinski definition) is 2. The summed E-state index contributed by atoms with van der Waals surface area (Å²) >= 11 is 0. The van der Waals surface area contributed by atoms with Crippen molar-refractivity contribution in [3.63, 3.8) is 0 Å². The molecule has 0 amide bonds. The first-order chi connectivity index (χ1) is 5.35. The van der Waals surface area contributed by atoms with Crippen molar-refractivity contribution >= 4 is 0 Å². The van der Waals surface area contributed by atoms with E-state index >= 15 is 0 Å². The van der Waals surface area contributed by atoms with E-state index in [4.69, 9.17) is 9.47 Å². The summed E-state index contributed by atoms with van der Waals surface area (Å²) < 4.78 is 9.72. The van der Waals surface area contributed by atoms with Gasteiger partial charge in [-0.05, 0) is 13.0 Å². The summed E-state index contributed by atoms with van der Waals surface area (Å²) in [5.74, 6) is 0.700. The highest BCUT2D eigenvalue weighted by Crippen LogP contribution is 1.97. The van der Waals surface area contributed by atoms with Gasteiger partial charge in [0.05, 0.1) is 14.2 Å². The number of methoxy groups -OCH3 is 2. The molecule has 0 fully saturated rings. The molecule has 0 unspecified atom stereocenters. The van der Waals surface area contributed by atoms with Crippen LogP contribution in [0.5, 0.6) is 0 Å². The van der Waals surface area contributed by atoms with Crippen LogP contribution in [0.3, 0.4) is 0 Å². The molecule has 0 radical (unpaired) electrons. The van der Waals surface area contributed by atoms with Crippen molar-refractivity contribution in [2.24, 2.45) is 0 Å². The fourth-order valence-corrected chi connectivity index (χ4v) is 0.533. The summed E-state index contributed by atoms with van der Waals surface area (Å²) in [7, 11) is 3.19. The van der Waals surface area contributed by atoms with Gasteiger partial charge < -0.3 is 9.47 Å². The van der Waals surface area contributed by atoms with E-state index in [9.17, 15) is 0 Å². The van der Waals surface area contributed by atoms with Crippen molar-refractivity contribution in [2.45, 2.75) is 6.92 Å². The predicted octanol–water partition coefficient (Wildman–Crippen LogP) is 2.25. The van der Waals surface area contributed by atoms with Crippen LogP contribution in [0.4, 0.5) is 0 Å². The molecule has 0 aliphatic carbocycles. The van der Waals surface area contributed by atoms with Gasteiger partial charge in [-0.3, -0.25) is 0 Å². The minimum absolute atomic E-state index is 0.700. The minimum Gasteiger partial charge on any atom is -0.501 e. The molecule has 0 saturated heterocycles. The highest BCUT2D eigenvalue weighted by atomic mass is 16.5. The molecule has 0 aromatic heterocycles. The average Bonchev–Trinajstić information content (AvgIpc) is 2.03. The summed E-state index contributed by atoms with van der Waals surface area (Å²) in [6, 6.07) is 0. The topological polar surface area (TPSA) is 18.5 Å². The van der Waals surface area contributed by atoms with Crippen LogP contribution in [0.2, 0.25) is 0 Å². The van der Waals surface area contributed by atoms with E-state index in [0.29, 0.717) is 5.76 Å². The second kappa shape index (κ2) is 6.93. The number of ether oxygens (including phenoxy) is 2. The first kappa shape index (κ1) is 9.82. The van der Waals surface area contributed by atoms with Gasteiger partial charge in [-0.15, -0.1) is 0 Å². The van der Waals surface area contributed by atoms with Gasteiger partial charge >= 0.3 is 0 Å². The van der Waals surface area contributed by atoms with Gasteiger partial charge in [-0.25, -0.2) is 0 Å². The van der Waals surface area contributed by atoms with Crippen molar-refractivity contribution in [1.29, 1.82) is 0 Å². The van der Waals surface area contributed by atoms with Crippen LogP contribution >= 0.6 is 0 Å². The largest absolute Gasteiger partial charge is 0.501 e. The smallest absolute Gasteiger partial charge is 0.153 e. The van der Waals surface area contributed by atoms with Crippen LogP contribution in [0.15, 0.2) is 36.3 Å². The van der Waals surface area contributed by atoms with Gasteiger partial charge in [-0.1, -0.05) is 18.2 Å². The molecule has 2 nitrogen and oxygen atoms in total. The van der Waals surface area contributed by atoms with E-state index in [1.54, 1.807) is 20.5 Å². The third-order valence-corrected chi connectivity index (χ3v) is 1.03. The van der Waals surface area contributed by atoms with Gasteiger partial charge in [0.1, 0.15) is 6.26 Å². The van der Waals surface area contributed by atoms with Gasteiger partial charge in [-0.2, -0.15) is 0 Å². The molecule has 0 atom stereocenters. The molecule has 0 aliphatic rings. The fourth-order valence-electron chi connectivity index (χ4n) is 0.533. The Morgan fingerprint density at radius 1 is 1.18 bits per heavy atom. The zero-order chi connectivity index (χ0) is 8.53. The molecule has 0 aromatic rings. The molecule has 0 aromatic carbocycles. The molecule has 0 saturated carbocycles. The van der Waals surface area contributed by atoms with Crippen molar-refractivity contribution < 1.29 is 9.47 Å². The van der Waals surface area contributed by atoms with E-state index in [2.05, 4.69) is 0 Å². The summed E-state index contributed by atoms with van der Waals surface area (Å²) in [4.78, 5) is 0. The molecule has 0 N–H and O–H groups in total. The molecule has 62 valence electrons. The Kier molecular flexibility index (Phi) is 6.19. The highest BCUT2D eigenvalue weighted by molar-refractivity contribution is 5.15. The van der Waals surface area contributed by atoms with Crippen LogP contribution in [-0.4, -0.2) is 14.2 Å². The molecule has 0 aliphatic heterocycles. The first-order valence-electron chi connectivity index (χ1n) is 3.41. The monoisotopic (exact) mass is 154 g/mol. The molecule has 0 bridgehead atoms. The maximum atomic E-state index is 4.95. The summed E-state index contributed by atoms with van der Waals surface area (Å²) in [6.07, 6.45) is 9.11. The zero-order valence-corrected chi connectivity index (χ0v) is 7.20. The fraction of sp³-hybridized carbons (Fsp3) is 0.333. The van der Waals surface area contributed by atoms with Crippen molar-refractivity contribution in [3.8, 4) is 0 Å². The van der Waals surface area contributed by atoms with Crippen molar-refractivity contribution in [3.05, 3.63) is 36.3 Å². The molecule has 0 spiro atoms.